The smallest absolute Gasteiger partial charge is 0.348 e. The van der Waals surface area contributed by atoms with Crippen molar-refractivity contribution in [1.82, 2.24) is 0 Å². The van der Waals surface area contributed by atoms with Crippen molar-refractivity contribution in [3.05, 3.63) is 29.8 Å². The van der Waals surface area contributed by atoms with Crippen LogP contribution in [-0.2, 0) is 11.2 Å². The number of hydrogen-bond acceptors (Lipinski definition) is 2. The topological polar surface area (TPSA) is 46.5 Å². The first-order valence-electron chi connectivity index (χ1n) is 6.74. The standard InChI is InChI=1S/C15H19IO3/c16-11-3-4-12-5-7-13(8-6-12)19-15(14(17)18)9-1-2-10-15/h5-8H,1-4,9-11H2,(H,17,18). The third-order valence-corrected chi connectivity index (χ3v) is 4.40. The molecule has 1 fully saturated rings. The SMILES string of the molecule is O=C(O)C1(Oc2ccc(CCCI)cc2)CCCC1. The van der Waals surface area contributed by atoms with E-state index in [1.807, 2.05) is 24.3 Å². The van der Waals surface area contributed by atoms with Gasteiger partial charge in [0, 0.05) is 0 Å². The summed E-state index contributed by atoms with van der Waals surface area (Å²) in [5.41, 5.74) is 0.281. The highest BCUT2D eigenvalue weighted by atomic mass is 127. The molecule has 0 heterocycles. The van der Waals surface area contributed by atoms with Gasteiger partial charge in [-0.1, -0.05) is 34.7 Å². The third-order valence-electron chi connectivity index (χ3n) is 3.64. The van der Waals surface area contributed by atoms with E-state index in [0.29, 0.717) is 18.6 Å². The summed E-state index contributed by atoms with van der Waals surface area (Å²) in [5.74, 6) is -0.165. The molecule has 1 aromatic carbocycles. The van der Waals surface area contributed by atoms with Crippen molar-refractivity contribution in [3.8, 4) is 5.75 Å². The summed E-state index contributed by atoms with van der Waals surface area (Å²) < 4.78 is 6.93. The van der Waals surface area contributed by atoms with E-state index < -0.39 is 11.6 Å². The van der Waals surface area contributed by atoms with Gasteiger partial charge in [0.25, 0.3) is 0 Å². The Morgan fingerprint density at radius 2 is 1.89 bits per heavy atom. The quantitative estimate of drug-likeness (QED) is 0.608. The normalized spacial score (nSPS) is 17.3. The maximum absolute atomic E-state index is 11.4. The van der Waals surface area contributed by atoms with Gasteiger partial charge in [0.1, 0.15) is 5.75 Å². The zero-order valence-electron chi connectivity index (χ0n) is 10.9. The largest absolute Gasteiger partial charge is 0.478 e. The van der Waals surface area contributed by atoms with E-state index in [9.17, 15) is 9.90 Å². The molecule has 0 spiro atoms. The van der Waals surface area contributed by atoms with Crippen LogP contribution in [0.2, 0.25) is 0 Å². The molecule has 0 aliphatic heterocycles. The second-order valence-electron chi connectivity index (χ2n) is 5.05. The number of alkyl halides is 1. The van der Waals surface area contributed by atoms with Crippen LogP contribution in [0.25, 0.3) is 0 Å². The Balaban J connectivity index is 2.04. The molecule has 0 unspecified atom stereocenters. The van der Waals surface area contributed by atoms with E-state index >= 15 is 0 Å². The molecule has 1 N–H and O–H groups in total. The highest BCUT2D eigenvalue weighted by molar-refractivity contribution is 14.1. The van der Waals surface area contributed by atoms with Gasteiger partial charge in [-0.2, -0.15) is 0 Å². The Morgan fingerprint density at radius 1 is 1.26 bits per heavy atom. The zero-order valence-corrected chi connectivity index (χ0v) is 13.1. The lowest BCUT2D eigenvalue weighted by Crippen LogP contribution is -2.41. The number of aryl methyl sites for hydroxylation is 1. The molecule has 0 radical (unpaired) electrons. The van der Waals surface area contributed by atoms with Crippen LogP contribution in [0.1, 0.15) is 37.7 Å². The van der Waals surface area contributed by atoms with Crippen LogP contribution in [-0.4, -0.2) is 21.1 Å². The van der Waals surface area contributed by atoms with E-state index in [2.05, 4.69) is 22.6 Å². The average Bonchev–Trinajstić information content (AvgIpc) is 2.88. The van der Waals surface area contributed by atoms with E-state index in [-0.39, 0.29) is 0 Å². The highest BCUT2D eigenvalue weighted by Crippen LogP contribution is 2.34. The van der Waals surface area contributed by atoms with Crippen LogP contribution in [0.4, 0.5) is 0 Å². The van der Waals surface area contributed by atoms with Gasteiger partial charge in [-0.15, -0.1) is 0 Å². The molecule has 1 aliphatic carbocycles. The summed E-state index contributed by atoms with van der Waals surface area (Å²) in [5, 5.41) is 9.37. The van der Waals surface area contributed by atoms with Crippen molar-refractivity contribution in [2.75, 3.05) is 4.43 Å². The molecule has 1 aromatic rings. The predicted molar refractivity (Wildman–Crippen MR) is 83.1 cm³/mol. The minimum Gasteiger partial charge on any atom is -0.478 e. The Labute approximate surface area is 127 Å². The molecule has 0 amide bonds. The fourth-order valence-electron chi connectivity index (χ4n) is 2.53. The van der Waals surface area contributed by atoms with Crippen LogP contribution >= 0.6 is 22.6 Å². The number of carboxylic acids is 1. The monoisotopic (exact) mass is 374 g/mol. The van der Waals surface area contributed by atoms with Gasteiger partial charge in [-0.3, -0.25) is 0 Å². The van der Waals surface area contributed by atoms with Crippen LogP contribution in [0.3, 0.4) is 0 Å². The van der Waals surface area contributed by atoms with Crippen molar-refractivity contribution in [2.45, 2.75) is 44.1 Å². The molecule has 3 nitrogen and oxygen atoms in total. The molecule has 4 heteroatoms. The predicted octanol–water partition coefficient (Wildman–Crippen LogP) is 3.83. The van der Waals surface area contributed by atoms with Crippen molar-refractivity contribution in [1.29, 1.82) is 0 Å². The molecule has 2 rings (SSSR count). The van der Waals surface area contributed by atoms with Crippen LogP contribution in [0.15, 0.2) is 24.3 Å². The zero-order chi connectivity index (χ0) is 13.7. The van der Waals surface area contributed by atoms with E-state index in [0.717, 1.165) is 23.7 Å². The van der Waals surface area contributed by atoms with Gasteiger partial charge >= 0.3 is 5.97 Å². The van der Waals surface area contributed by atoms with E-state index in [1.54, 1.807) is 0 Å². The Morgan fingerprint density at radius 3 is 2.42 bits per heavy atom. The van der Waals surface area contributed by atoms with Crippen LogP contribution in [0, 0.1) is 0 Å². The van der Waals surface area contributed by atoms with Gasteiger partial charge in [-0.25, -0.2) is 4.79 Å². The Bertz CT molecular complexity index is 422. The summed E-state index contributed by atoms with van der Waals surface area (Å²) in [6.45, 7) is 0. The first-order valence-corrected chi connectivity index (χ1v) is 8.26. The summed E-state index contributed by atoms with van der Waals surface area (Å²) in [7, 11) is 0. The Kier molecular flexibility index (Phi) is 5.07. The van der Waals surface area contributed by atoms with Gasteiger partial charge in [0.2, 0.25) is 5.60 Å². The summed E-state index contributed by atoms with van der Waals surface area (Å²) in [4.78, 5) is 11.4. The molecule has 0 aromatic heterocycles. The summed E-state index contributed by atoms with van der Waals surface area (Å²) >= 11 is 2.37. The Hall–Kier alpha value is -0.780. The number of aliphatic carboxylic acids is 1. The van der Waals surface area contributed by atoms with Gasteiger partial charge in [0.15, 0.2) is 0 Å². The lowest BCUT2D eigenvalue weighted by Gasteiger charge is -2.25. The summed E-state index contributed by atoms with van der Waals surface area (Å²) in [6, 6.07) is 7.86. The number of carbonyl (C=O) groups is 1. The maximum Gasteiger partial charge on any atom is 0.348 e. The van der Waals surface area contributed by atoms with E-state index in [4.69, 9.17) is 4.74 Å². The number of carboxylic acid groups (broad SMARTS) is 1. The molecule has 0 bridgehead atoms. The average molecular weight is 374 g/mol. The minimum absolute atomic E-state index is 0.610. The minimum atomic E-state index is -0.996. The summed E-state index contributed by atoms with van der Waals surface area (Å²) in [6.07, 6.45) is 5.31. The second kappa shape index (κ2) is 6.59. The molecule has 1 aliphatic rings. The van der Waals surface area contributed by atoms with E-state index in [1.165, 1.54) is 12.0 Å². The fraction of sp³-hybridized carbons (Fsp3) is 0.533. The van der Waals surface area contributed by atoms with Gasteiger partial charge in [-0.05, 0) is 60.6 Å². The van der Waals surface area contributed by atoms with Crippen molar-refractivity contribution < 1.29 is 14.6 Å². The first-order chi connectivity index (χ1) is 9.16. The molecule has 19 heavy (non-hydrogen) atoms. The van der Waals surface area contributed by atoms with Crippen LogP contribution < -0.4 is 4.74 Å². The third kappa shape index (κ3) is 3.61. The molecule has 104 valence electrons. The van der Waals surface area contributed by atoms with Gasteiger partial charge < -0.3 is 9.84 Å². The maximum atomic E-state index is 11.4. The van der Waals surface area contributed by atoms with Crippen molar-refractivity contribution >= 4 is 28.6 Å². The molecular weight excluding hydrogens is 355 g/mol. The number of benzene rings is 1. The molecular formula is C15H19IO3. The first kappa shape index (κ1) is 14.6. The molecule has 1 saturated carbocycles. The van der Waals surface area contributed by atoms with Gasteiger partial charge in [0.05, 0.1) is 0 Å². The highest BCUT2D eigenvalue weighted by Gasteiger charge is 2.43. The fourth-order valence-corrected chi connectivity index (χ4v) is 2.91. The number of ether oxygens (including phenoxy) is 1. The number of rotatable bonds is 6. The number of hydrogen-bond donors (Lipinski definition) is 1. The second-order valence-corrected chi connectivity index (χ2v) is 6.12. The molecule has 0 atom stereocenters. The molecule has 0 saturated heterocycles. The van der Waals surface area contributed by atoms with Crippen molar-refractivity contribution in [3.63, 3.8) is 0 Å². The van der Waals surface area contributed by atoms with Crippen LogP contribution in [0.5, 0.6) is 5.75 Å². The lowest BCUT2D eigenvalue weighted by atomic mass is 10.0. The van der Waals surface area contributed by atoms with Crippen molar-refractivity contribution in [2.24, 2.45) is 0 Å². The lowest BCUT2D eigenvalue weighted by molar-refractivity contribution is -0.154. The number of halogens is 1.